The first-order chi connectivity index (χ1) is 10.3. The van der Waals surface area contributed by atoms with Crippen LogP contribution in [0.5, 0.6) is 0 Å². The van der Waals surface area contributed by atoms with E-state index in [1.54, 1.807) is 12.4 Å². The van der Waals surface area contributed by atoms with E-state index in [2.05, 4.69) is 25.4 Å². The molecule has 0 saturated carbocycles. The molecule has 1 fully saturated rings. The molecule has 0 aromatic carbocycles. The number of ether oxygens (including phenoxy) is 1. The minimum absolute atomic E-state index is 0.195. The summed E-state index contributed by atoms with van der Waals surface area (Å²) in [6, 6.07) is 5.54. The van der Waals surface area contributed by atoms with Gasteiger partial charge in [0, 0.05) is 31.2 Å². The third-order valence-electron chi connectivity index (χ3n) is 3.35. The van der Waals surface area contributed by atoms with Crippen LogP contribution in [0.4, 0.5) is 5.69 Å². The molecule has 2 aromatic heterocycles. The Morgan fingerprint density at radius 1 is 1.33 bits per heavy atom. The van der Waals surface area contributed by atoms with Crippen molar-refractivity contribution in [2.45, 2.75) is 6.54 Å². The number of carbonyl (C=O) groups is 1. The van der Waals surface area contributed by atoms with E-state index in [0.29, 0.717) is 25.5 Å². The van der Waals surface area contributed by atoms with Gasteiger partial charge in [-0.05, 0) is 18.2 Å². The summed E-state index contributed by atoms with van der Waals surface area (Å²) in [6.07, 6.45) is 3.31. The zero-order chi connectivity index (χ0) is 14.5. The second-order valence-corrected chi connectivity index (χ2v) is 4.76. The van der Waals surface area contributed by atoms with Crippen LogP contribution in [-0.4, -0.2) is 47.4 Å². The van der Waals surface area contributed by atoms with E-state index in [-0.39, 0.29) is 5.91 Å². The lowest BCUT2D eigenvalue weighted by Crippen LogP contribution is -2.36. The molecule has 7 nitrogen and oxygen atoms in total. The largest absolute Gasteiger partial charge is 0.378 e. The molecule has 1 aliphatic rings. The first kappa shape index (κ1) is 13.6. The number of anilines is 1. The molecular formula is C14H17N5O2. The molecule has 0 unspecified atom stereocenters. The molecule has 7 heteroatoms. The highest BCUT2D eigenvalue weighted by atomic mass is 16.5. The van der Waals surface area contributed by atoms with Gasteiger partial charge in [-0.25, -0.2) is 0 Å². The number of aromatic nitrogens is 3. The number of hydrogen-bond acceptors (Lipinski definition) is 5. The fraction of sp³-hybridized carbons (Fsp3) is 0.357. The van der Waals surface area contributed by atoms with Crippen LogP contribution in [0.2, 0.25) is 0 Å². The van der Waals surface area contributed by atoms with Gasteiger partial charge in [-0.2, -0.15) is 5.10 Å². The quantitative estimate of drug-likeness (QED) is 0.859. The van der Waals surface area contributed by atoms with E-state index >= 15 is 0 Å². The number of hydrogen-bond donors (Lipinski definition) is 2. The van der Waals surface area contributed by atoms with Gasteiger partial charge < -0.3 is 15.0 Å². The number of nitrogens with zero attached hydrogens (tertiary/aromatic N) is 3. The fourth-order valence-corrected chi connectivity index (χ4v) is 2.21. The summed E-state index contributed by atoms with van der Waals surface area (Å²) in [7, 11) is 0. The van der Waals surface area contributed by atoms with Crippen LogP contribution in [-0.2, 0) is 11.3 Å². The Balaban J connectivity index is 1.65. The van der Waals surface area contributed by atoms with Crippen LogP contribution >= 0.6 is 0 Å². The van der Waals surface area contributed by atoms with Gasteiger partial charge >= 0.3 is 0 Å². The first-order valence-corrected chi connectivity index (χ1v) is 6.88. The number of aromatic amines is 1. The SMILES string of the molecule is O=C(NCc1ccn[nH]1)c1cc(N2CCOCC2)ccn1. The topological polar surface area (TPSA) is 83.1 Å². The Morgan fingerprint density at radius 3 is 2.95 bits per heavy atom. The third kappa shape index (κ3) is 3.38. The molecule has 0 spiro atoms. The van der Waals surface area contributed by atoms with Crippen LogP contribution in [0.1, 0.15) is 16.2 Å². The summed E-state index contributed by atoms with van der Waals surface area (Å²) in [5.41, 5.74) is 2.27. The molecule has 3 heterocycles. The van der Waals surface area contributed by atoms with Crippen molar-refractivity contribution in [2.75, 3.05) is 31.2 Å². The van der Waals surface area contributed by atoms with Crippen LogP contribution in [0.25, 0.3) is 0 Å². The van der Waals surface area contributed by atoms with Gasteiger partial charge in [-0.3, -0.25) is 14.9 Å². The van der Waals surface area contributed by atoms with Gasteiger partial charge in [-0.1, -0.05) is 0 Å². The molecule has 21 heavy (non-hydrogen) atoms. The van der Waals surface area contributed by atoms with Gasteiger partial charge in [0.1, 0.15) is 5.69 Å². The molecule has 0 atom stereocenters. The molecule has 1 amide bonds. The van der Waals surface area contributed by atoms with Gasteiger partial charge in [-0.15, -0.1) is 0 Å². The molecule has 2 aromatic rings. The lowest BCUT2D eigenvalue weighted by molar-refractivity contribution is 0.0945. The van der Waals surface area contributed by atoms with E-state index in [0.717, 1.165) is 24.5 Å². The minimum atomic E-state index is -0.195. The van der Waals surface area contributed by atoms with Crippen LogP contribution in [0, 0.1) is 0 Å². The van der Waals surface area contributed by atoms with Crippen LogP contribution in [0.15, 0.2) is 30.6 Å². The van der Waals surface area contributed by atoms with Gasteiger partial charge in [0.15, 0.2) is 0 Å². The van der Waals surface area contributed by atoms with E-state index in [4.69, 9.17) is 4.74 Å². The predicted octanol–water partition coefficient (Wildman–Crippen LogP) is 0.571. The van der Waals surface area contributed by atoms with Crippen molar-refractivity contribution in [3.63, 3.8) is 0 Å². The maximum atomic E-state index is 12.1. The van der Waals surface area contributed by atoms with Crippen molar-refractivity contribution in [3.05, 3.63) is 42.0 Å². The number of rotatable bonds is 4. The Hall–Kier alpha value is -2.41. The number of H-pyrrole nitrogens is 1. The van der Waals surface area contributed by atoms with E-state index in [1.807, 2.05) is 18.2 Å². The molecule has 1 aliphatic heterocycles. The highest BCUT2D eigenvalue weighted by molar-refractivity contribution is 5.93. The zero-order valence-corrected chi connectivity index (χ0v) is 11.6. The van der Waals surface area contributed by atoms with Crippen LogP contribution < -0.4 is 10.2 Å². The normalized spacial score (nSPS) is 15.0. The summed E-state index contributed by atoms with van der Waals surface area (Å²) in [5.74, 6) is -0.195. The van der Waals surface area contributed by atoms with Crippen molar-refractivity contribution in [1.82, 2.24) is 20.5 Å². The highest BCUT2D eigenvalue weighted by Gasteiger charge is 2.14. The van der Waals surface area contributed by atoms with Crippen LogP contribution in [0.3, 0.4) is 0 Å². The van der Waals surface area contributed by atoms with Gasteiger partial charge in [0.05, 0.1) is 25.5 Å². The first-order valence-electron chi connectivity index (χ1n) is 6.88. The lowest BCUT2D eigenvalue weighted by atomic mass is 10.2. The van der Waals surface area contributed by atoms with E-state index in [1.165, 1.54) is 0 Å². The summed E-state index contributed by atoms with van der Waals surface area (Å²) in [6.45, 7) is 3.49. The van der Waals surface area contributed by atoms with Gasteiger partial charge in [0.2, 0.25) is 0 Å². The molecule has 0 bridgehead atoms. The Kier molecular flexibility index (Phi) is 4.11. The second kappa shape index (κ2) is 6.36. The van der Waals surface area contributed by atoms with E-state index in [9.17, 15) is 4.79 Å². The lowest BCUT2D eigenvalue weighted by Gasteiger charge is -2.28. The zero-order valence-electron chi connectivity index (χ0n) is 11.6. The molecule has 3 rings (SSSR count). The Morgan fingerprint density at radius 2 is 2.19 bits per heavy atom. The number of amides is 1. The van der Waals surface area contributed by atoms with Crippen molar-refractivity contribution in [1.29, 1.82) is 0 Å². The number of nitrogens with one attached hydrogen (secondary N) is 2. The molecule has 1 saturated heterocycles. The van der Waals surface area contributed by atoms with Gasteiger partial charge in [0.25, 0.3) is 5.91 Å². The Bertz CT molecular complexity index is 593. The number of pyridine rings is 1. The third-order valence-corrected chi connectivity index (χ3v) is 3.35. The standard InChI is InChI=1S/C14H17N5O2/c20-14(16-10-11-1-4-17-18-11)13-9-12(2-3-15-13)19-5-7-21-8-6-19/h1-4,9H,5-8,10H2,(H,16,20)(H,17,18). The monoisotopic (exact) mass is 287 g/mol. The highest BCUT2D eigenvalue weighted by Crippen LogP contribution is 2.16. The summed E-state index contributed by atoms with van der Waals surface area (Å²) < 4.78 is 5.33. The van der Waals surface area contributed by atoms with Crippen molar-refractivity contribution in [2.24, 2.45) is 0 Å². The fourth-order valence-electron chi connectivity index (χ4n) is 2.21. The molecular weight excluding hydrogens is 270 g/mol. The summed E-state index contributed by atoms with van der Waals surface area (Å²) in [4.78, 5) is 18.5. The number of morpholine rings is 1. The van der Waals surface area contributed by atoms with Crippen molar-refractivity contribution in [3.8, 4) is 0 Å². The maximum absolute atomic E-state index is 12.1. The molecule has 110 valence electrons. The molecule has 0 aliphatic carbocycles. The molecule has 2 N–H and O–H groups in total. The average Bonchev–Trinajstić information content (AvgIpc) is 3.07. The summed E-state index contributed by atoms with van der Waals surface area (Å²) in [5, 5.41) is 9.45. The Labute approximate surface area is 122 Å². The number of carbonyl (C=O) groups excluding carboxylic acids is 1. The summed E-state index contributed by atoms with van der Waals surface area (Å²) >= 11 is 0. The average molecular weight is 287 g/mol. The maximum Gasteiger partial charge on any atom is 0.270 e. The second-order valence-electron chi connectivity index (χ2n) is 4.76. The smallest absolute Gasteiger partial charge is 0.270 e. The van der Waals surface area contributed by atoms with E-state index < -0.39 is 0 Å². The van der Waals surface area contributed by atoms with Crippen molar-refractivity contribution >= 4 is 11.6 Å². The minimum Gasteiger partial charge on any atom is -0.378 e. The molecule has 0 radical (unpaired) electrons. The van der Waals surface area contributed by atoms with Crippen molar-refractivity contribution < 1.29 is 9.53 Å². The predicted molar refractivity (Wildman–Crippen MR) is 77.0 cm³/mol.